The van der Waals surface area contributed by atoms with E-state index in [0.717, 1.165) is 10.2 Å². The van der Waals surface area contributed by atoms with Gasteiger partial charge in [0.2, 0.25) is 0 Å². The molecule has 1 N–H and O–H groups in total. The van der Waals surface area contributed by atoms with Gasteiger partial charge in [-0.15, -0.1) is 0 Å². The summed E-state index contributed by atoms with van der Waals surface area (Å²) < 4.78 is 0.960. The molecule has 1 saturated carbocycles. The van der Waals surface area contributed by atoms with Gasteiger partial charge in [0.1, 0.15) is 0 Å². The molecule has 0 spiro atoms. The second-order valence-corrected chi connectivity index (χ2v) is 4.89. The van der Waals surface area contributed by atoms with Crippen molar-refractivity contribution in [2.24, 2.45) is 11.0 Å². The number of nitrogens with zero attached hydrogens (tertiary/aromatic N) is 1. The molecule has 1 aromatic carbocycles. The van der Waals surface area contributed by atoms with Crippen LogP contribution in [0.2, 0.25) is 0 Å². The number of hydrogen-bond acceptors (Lipinski definition) is 2. The lowest BCUT2D eigenvalue weighted by Gasteiger charge is -2.01. The highest BCUT2D eigenvalue weighted by atomic mass is 79.9. The number of rotatable bonds is 3. The molecule has 0 aliphatic heterocycles. The van der Waals surface area contributed by atoms with Gasteiger partial charge in [0.15, 0.2) is 0 Å². The van der Waals surface area contributed by atoms with Crippen LogP contribution in [0.15, 0.2) is 33.8 Å². The van der Waals surface area contributed by atoms with Crippen LogP contribution in [0.3, 0.4) is 0 Å². The van der Waals surface area contributed by atoms with Crippen LogP contribution in [0.5, 0.6) is 0 Å². The van der Waals surface area contributed by atoms with Crippen LogP contribution in [-0.2, 0) is 0 Å². The van der Waals surface area contributed by atoms with E-state index >= 15 is 0 Å². The van der Waals surface area contributed by atoms with Crippen LogP contribution >= 0.6 is 15.9 Å². The van der Waals surface area contributed by atoms with Crippen molar-refractivity contribution in [1.29, 1.82) is 0 Å². The standard InChI is InChI=1S/C12H13BrN2O/c1-8(9-2-3-9)14-15-12(16)10-4-6-11(13)7-5-10/h4-7,9H,2-3H2,1H3,(H,15,16)/b14-8+. The average molecular weight is 281 g/mol. The molecule has 1 fully saturated rings. The Morgan fingerprint density at radius 3 is 2.56 bits per heavy atom. The van der Waals surface area contributed by atoms with Crippen molar-refractivity contribution in [3.63, 3.8) is 0 Å². The zero-order valence-electron chi connectivity index (χ0n) is 9.03. The molecule has 1 aliphatic rings. The summed E-state index contributed by atoms with van der Waals surface area (Å²) in [5.74, 6) is 0.428. The minimum atomic E-state index is -0.160. The normalized spacial score (nSPS) is 16.0. The highest BCUT2D eigenvalue weighted by Crippen LogP contribution is 2.30. The van der Waals surface area contributed by atoms with Gasteiger partial charge in [-0.3, -0.25) is 4.79 Å². The number of carbonyl (C=O) groups is 1. The van der Waals surface area contributed by atoms with Crippen LogP contribution in [0, 0.1) is 5.92 Å². The Bertz CT molecular complexity index is 421. The lowest BCUT2D eigenvalue weighted by molar-refractivity contribution is 0.0954. The van der Waals surface area contributed by atoms with Crippen LogP contribution in [0.1, 0.15) is 30.1 Å². The van der Waals surface area contributed by atoms with E-state index in [-0.39, 0.29) is 5.91 Å². The first-order valence-electron chi connectivity index (χ1n) is 5.27. The molecule has 84 valence electrons. The van der Waals surface area contributed by atoms with Crippen molar-refractivity contribution >= 4 is 27.5 Å². The quantitative estimate of drug-likeness (QED) is 0.671. The van der Waals surface area contributed by atoms with Crippen LogP contribution in [-0.4, -0.2) is 11.6 Å². The van der Waals surface area contributed by atoms with Gasteiger partial charge in [0.25, 0.3) is 5.91 Å². The predicted octanol–water partition coefficient (Wildman–Crippen LogP) is 2.96. The van der Waals surface area contributed by atoms with E-state index in [2.05, 4.69) is 26.5 Å². The second-order valence-electron chi connectivity index (χ2n) is 3.98. The van der Waals surface area contributed by atoms with Crippen LogP contribution in [0.4, 0.5) is 0 Å². The fraction of sp³-hybridized carbons (Fsp3) is 0.333. The van der Waals surface area contributed by atoms with E-state index in [1.54, 1.807) is 12.1 Å². The second kappa shape index (κ2) is 4.78. The van der Waals surface area contributed by atoms with Crippen molar-refractivity contribution in [2.45, 2.75) is 19.8 Å². The number of carbonyl (C=O) groups excluding carboxylic acids is 1. The summed E-state index contributed by atoms with van der Waals surface area (Å²) in [6.45, 7) is 1.96. The third kappa shape index (κ3) is 2.92. The summed E-state index contributed by atoms with van der Waals surface area (Å²) in [6.07, 6.45) is 2.40. The smallest absolute Gasteiger partial charge is 0.267 e. The van der Waals surface area contributed by atoms with Crippen molar-refractivity contribution in [3.05, 3.63) is 34.3 Å². The molecular formula is C12H13BrN2O. The van der Waals surface area contributed by atoms with Crippen molar-refractivity contribution in [3.8, 4) is 0 Å². The lowest BCUT2D eigenvalue weighted by Crippen LogP contribution is -2.19. The Morgan fingerprint density at radius 2 is 2.00 bits per heavy atom. The summed E-state index contributed by atoms with van der Waals surface area (Å²) in [6, 6.07) is 7.21. The molecule has 3 nitrogen and oxygen atoms in total. The highest BCUT2D eigenvalue weighted by Gasteiger charge is 2.24. The molecular weight excluding hydrogens is 268 g/mol. The maximum Gasteiger partial charge on any atom is 0.271 e. The molecule has 1 aliphatic carbocycles. The first-order chi connectivity index (χ1) is 7.66. The Labute approximate surface area is 103 Å². The van der Waals surface area contributed by atoms with E-state index < -0.39 is 0 Å². The fourth-order valence-corrected chi connectivity index (χ4v) is 1.66. The molecule has 4 heteroatoms. The third-order valence-electron chi connectivity index (χ3n) is 2.61. The zero-order valence-corrected chi connectivity index (χ0v) is 10.6. The summed E-state index contributed by atoms with van der Waals surface area (Å²) in [5.41, 5.74) is 4.21. The Morgan fingerprint density at radius 1 is 1.38 bits per heavy atom. The SMILES string of the molecule is C/C(=N\NC(=O)c1ccc(Br)cc1)C1CC1. The highest BCUT2D eigenvalue weighted by molar-refractivity contribution is 9.10. The van der Waals surface area contributed by atoms with Crippen molar-refractivity contribution in [2.75, 3.05) is 0 Å². The molecule has 1 aromatic rings. The van der Waals surface area contributed by atoms with Crippen molar-refractivity contribution in [1.82, 2.24) is 5.43 Å². The van der Waals surface area contributed by atoms with E-state index in [1.807, 2.05) is 19.1 Å². The van der Waals surface area contributed by atoms with Gasteiger partial charge in [-0.05, 0) is 49.9 Å². The number of benzene rings is 1. The largest absolute Gasteiger partial charge is 0.271 e. The van der Waals surface area contributed by atoms with Gasteiger partial charge in [0, 0.05) is 15.7 Å². The van der Waals surface area contributed by atoms with E-state index in [0.29, 0.717) is 11.5 Å². The Hall–Kier alpha value is -1.16. The third-order valence-corrected chi connectivity index (χ3v) is 3.14. The fourth-order valence-electron chi connectivity index (χ4n) is 1.40. The van der Waals surface area contributed by atoms with E-state index in [9.17, 15) is 4.79 Å². The van der Waals surface area contributed by atoms with Gasteiger partial charge in [-0.2, -0.15) is 5.10 Å². The molecule has 16 heavy (non-hydrogen) atoms. The number of amides is 1. The van der Waals surface area contributed by atoms with Gasteiger partial charge in [-0.1, -0.05) is 15.9 Å². The zero-order chi connectivity index (χ0) is 11.5. The lowest BCUT2D eigenvalue weighted by atomic mass is 10.2. The molecule has 2 rings (SSSR count). The molecule has 1 amide bonds. The molecule has 0 radical (unpaired) electrons. The predicted molar refractivity (Wildman–Crippen MR) is 67.4 cm³/mol. The molecule has 0 bridgehead atoms. The first-order valence-corrected chi connectivity index (χ1v) is 6.06. The molecule has 0 aromatic heterocycles. The minimum Gasteiger partial charge on any atom is -0.267 e. The first kappa shape index (κ1) is 11.3. The summed E-state index contributed by atoms with van der Waals surface area (Å²) in [5, 5.41) is 4.09. The van der Waals surface area contributed by atoms with Gasteiger partial charge in [-0.25, -0.2) is 5.43 Å². The van der Waals surface area contributed by atoms with Gasteiger partial charge >= 0.3 is 0 Å². The van der Waals surface area contributed by atoms with Crippen molar-refractivity contribution < 1.29 is 4.79 Å². The van der Waals surface area contributed by atoms with Crippen LogP contribution < -0.4 is 5.43 Å². The van der Waals surface area contributed by atoms with Crippen LogP contribution in [0.25, 0.3) is 0 Å². The minimum absolute atomic E-state index is 0.160. The average Bonchev–Trinajstić information content (AvgIpc) is 3.10. The van der Waals surface area contributed by atoms with Gasteiger partial charge < -0.3 is 0 Å². The number of halogens is 1. The summed E-state index contributed by atoms with van der Waals surface area (Å²) in [4.78, 5) is 11.7. The van der Waals surface area contributed by atoms with Gasteiger partial charge in [0.05, 0.1) is 0 Å². The molecule has 0 atom stereocenters. The Balaban J connectivity index is 1.97. The summed E-state index contributed by atoms with van der Waals surface area (Å²) in [7, 11) is 0. The maximum atomic E-state index is 11.7. The Kier molecular flexibility index (Phi) is 3.39. The summed E-state index contributed by atoms with van der Waals surface area (Å²) >= 11 is 3.32. The topological polar surface area (TPSA) is 41.5 Å². The molecule has 0 unspecified atom stereocenters. The number of nitrogens with one attached hydrogen (secondary N) is 1. The molecule has 0 heterocycles. The van der Waals surface area contributed by atoms with E-state index in [1.165, 1.54) is 12.8 Å². The monoisotopic (exact) mass is 280 g/mol. The molecule has 0 saturated heterocycles. The number of hydrazone groups is 1. The van der Waals surface area contributed by atoms with E-state index in [4.69, 9.17) is 0 Å². The number of hydrogen-bond donors (Lipinski definition) is 1. The maximum absolute atomic E-state index is 11.7.